The third-order valence-corrected chi connectivity index (χ3v) is 3.11. The first-order valence-electron chi connectivity index (χ1n) is 6.46. The van der Waals surface area contributed by atoms with Gasteiger partial charge in [-0.3, -0.25) is 0 Å². The first-order valence-corrected chi connectivity index (χ1v) is 6.46. The van der Waals surface area contributed by atoms with Crippen LogP contribution in [0.3, 0.4) is 0 Å². The van der Waals surface area contributed by atoms with Gasteiger partial charge in [0.25, 0.3) is 0 Å². The van der Waals surface area contributed by atoms with Crippen molar-refractivity contribution in [3.8, 4) is 0 Å². The number of allylic oxidation sites excluding steroid dienone is 6. The maximum atomic E-state index is 4.15. The molecule has 1 aromatic carbocycles. The molecule has 0 amide bonds. The molecule has 98 valence electrons. The molecule has 0 bridgehead atoms. The molecule has 0 aromatic heterocycles. The Morgan fingerprint density at radius 2 is 1.68 bits per heavy atom. The van der Waals surface area contributed by atoms with Crippen LogP contribution >= 0.6 is 0 Å². The average Bonchev–Trinajstić information content (AvgIpc) is 2.42. The van der Waals surface area contributed by atoms with Gasteiger partial charge in [-0.15, -0.1) is 0 Å². The van der Waals surface area contributed by atoms with Crippen LogP contribution in [0.25, 0.3) is 5.57 Å². The highest BCUT2D eigenvalue weighted by atomic mass is 14.1. The molecule has 0 atom stereocenters. The van der Waals surface area contributed by atoms with E-state index in [2.05, 4.69) is 57.5 Å². The Kier molecular flexibility index (Phi) is 5.81. The van der Waals surface area contributed by atoms with Crippen LogP contribution in [-0.4, -0.2) is 0 Å². The average molecular weight is 250 g/mol. The van der Waals surface area contributed by atoms with Gasteiger partial charge in [-0.05, 0) is 42.0 Å². The summed E-state index contributed by atoms with van der Waals surface area (Å²) in [5.41, 5.74) is 5.73. The van der Waals surface area contributed by atoms with E-state index in [4.69, 9.17) is 0 Å². The van der Waals surface area contributed by atoms with Gasteiger partial charge in [-0.2, -0.15) is 0 Å². The molecular weight excluding hydrogens is 228 g/mol. The molecule has 0 aliphatic rings. The summed E-state index contributed by atoms with van der Waals surface area (Å²) in [7, 11) is 0. The van der Waals surface area contributed by atoms with Gasteiger partial charge in [0.1, 0.15) is 0 Å². The molecule has 0 radical (unpaired) electrons. The predicted octanol–water partition coefficient (Wildman–Crippen LogP) is 5.64. The quantitative estimate of drug-likeness (QED) is 0.549. The number of hydrogen-bond donors (Lipinski definition) is 0. The molecule has 0 fully saturated rings. The van der Waals surface area contributed by atoms with Crippen LogP contribution in [0.2, 0.25) is 0 Å². The third kappa shape index (κ3) is 4.59. The van der Waals surface area contributed by atoms with Crippen molar-refractivity contribution in [2.75, 3.05) is 0 Å². The second-order valence-electron chi connectivity index (χ2n) is 4.63. The van der Waals surface area contributed by atoms with E-state index in [1.54, 1.807) is 6.08 Å². The zero-order valence-corrected chi connectivity index (χ0v) is 11.8. The van der Waals surface area contributed by atoms with Crippen molar-refractivity contribution >= 4 is 5.57 Å². The first-order chi connectivity index (χ1) is 9.08. The summed E-state index contributed by atoms with van der Waals surface area (Å²) in [6, 6.07) is 8.47. The van der Waals surface area contributed by atoms with E-state index in [1.165, 1.54) is 11.1 Å². The van der Waals surface area contributed by atoms with Gasteiger partial charge in [0.15, 0.2) is 0 Å². The van der Waals surface area contributed by atoms with Gasteiger partial charge < -0.3 is 0 Å². The Hall–Kier alpha value is -2.08. The lowest BCUT2D eigenvalue weighted by molar-refractivity contribution is 1.02. The third-order valence-electron chi connectivity index (χ3n) is 3.11. The fourth-order valence-electron chi connectivity index (χ4n) is 1.84. The largest absolute Gasteiger partial charge is 0.0990 e. The topological polar surface area (TPSA) is 0 Å². The molecule has 0 saturated heterocycles. The van der Waals surface area contributed by atoms with Gasteiger partial charge in [0.2, 0.25) is 0 Å². The molecule has 0 aliphatic carbocycles. The van der Waals surface area contributed by atoms with Crippen molar-refractivity contribution in [2.24, 2.45) is 0 Å². The molecule has 1 aromatic rings. The van der Waals surface area contributed by atoms with Gasteiger partial charge in [-0.1, -0.05) is 74.4 Å². The minimum atomic E-state index is 0.887. The number of aryl methyl sites for hydroxylation is 1. The lowest BCUT2D eigenvalue weighted by Crippen LogP contribution is -1.89. The Morgan fingerprint density at radius 1 is 1.05 bits per heavy atom. The van der Waals surface area contributed by atoms with Crippen molar-refractivity contribution < 1.29 is 0 Å². The monoisotopic (exact) mass is 250 g/mol. The van der Waals surface area contributed by atoms with Crippen LogP contribution in [0.15, 0.2) is 80.0 Å². The molecule has 0 heterocycles. The van der Waals surface area contributed by atoms with Crippen molar-refractivity contribution in [1.82, 2.24) is 0 Å². The fourth-order valence-corrected chi connectivity index (χ4v) is 1.84. The first kappa shape index (κ1) is 15.0. The minimum absolute atomic E-state index is 0.887. The Labute approximate surface area is 117 Å². The van der Waals surface area contributed by atoms with Gasteiger partial charge >= 0.3 is 0 Å². The maximum absolute atomic E-state index is 4.15. The molecule has 0 aliphatic heterocycles. The minimum Gasteiger partial charge on any atom is -0.0990 e. The van der Waals surface area contributed by atoms with Gasteiger partial charge in [0.05, 0.1) is 0 Å². The Bertz CT molecular complexity index is 509. The van der Waals surface area contributed by atoms with Crippen LogP contribution in [0.5, 0.6) is 0 Å². The van der Waals surface area contributed by atoms with E-state index in [1.807, 2.05) is 12.2 Å². The molecule has 0 spiro atoms. The zero-order chi connectivity index (χ0) is 14.3. The lowest BCUT2D eigenvalue weighted by Gasteiger charge is -2.09. The Morgan fingerprint density at radius 3 is 2.21 bits per heavy atom. The van der Waals surface area contributed by atoms with Crippen LogP contribution in [0.1, 0.15) is 24.0 Å². The number of hydrogen-bond acceptors (Lipinski definition) is 0. The molecule has 0 saturated carbocycles. The van der Waals surface area contributed by atoms with Crippen LogP contribution in [-0.2, 0) is 0 Å². The van der Waals surface area contributed by atoms with E-state index in [0.29, 0.717) is 0 Å². The maximum Gasteiger partial charge on any atom is -0.0230 e. The lowest BCUT2D eigenvalue weighted by atomic mass is 9.96. The standard InChI is InChI=1S/C19H22/c1-6-8-18(7-2)16(4)11-12-17(5)19-13-9-15(3)10-14-19/h6-10,13-14H,1-2,4-5,11-12H2,3H3/b18-8+. The number of benzene rings is 1. The van der Waals surface area contributed by atoms with Gasteiger partial charge in [-0.25, -0.2) is 0 Å². The smallest absolute Gasteiger partial charge is 0.0230 e. The summed E-state index contributed by atoms with van der Waals surface area (Å²) in [5.74, 6) is 0. The summed E-state index contributed by atoms with van der Waals surface area (Å²) in [6.07, 6.45) is 7.31. The van der Waals surface area contributed by atoms with Crippen LogP contribution in [0.4, 0.5) is 0 Å². The molecule has 0 heteroatoms. The highest BCUT2D eigenvalue weighted by Crippen LogP contribution is 2.23. The van der Waals surface area contributed by atoms with E-state index in [-0.39, 0.29) is 0 Å². The molecule has 0 unspecified atom stereocenters. The molecule has 0 N–H and O–H groups in total. The summed E-state index contributed by atoms with van der Waals surface area (Å²) in [4.78, 5) is 0. The highest BCUT2D eigenvalue weighted by Gasteiger charge is 2.02. The fraction of sp³-hybridized carbons (Fsp3) is 0.158. The van der Waals surface area contributed by atoms with Gasteiger partial charge in [0, 0.05) is 0 Å². The van der Waals surface area contributed by atoms with E-state index in [0.717, 1.165) is 29.6 Å². The SMILES string of the molecule is C=C/C=C(\C=C)C(=C)CCC(=C)c1ccc(C)cc1. The Balaban J connectivity index is 2.62. The van der Waals surface area contributed by atoms with Crippen molar-refractivity contribution in [1.29, 1.82) is 0 Å². The summed E-state index contributed by atoms with van der Waals surface area (Å²) >= 11 is 0. The molecule has 19 heavy (non-hydrogen) atoms. The van der Waals surface area contributed by atoms with Crippen molar-refractivity contribution in [3.05, 3.63) is 91.1 Å². The highest BCUT2D eigenvalue weighted by molar-refractivity contribution is 5.64. The molecule has 0 nitrogen and oxygen atoms in total. The number of rotatable bonds is 7. The normalized spacial score (nSPS) is 10.9. The van der Waals surface area contributed by atoms with E-state index in [9.17, 15) is 0 Å². The second-order valence-corrected chi connectivity index (χ2v) is 4.63. The second kappa shape index (κ2) is 7.38. The summed E-state index contributed by atoms with van der Waals surface area (Å²) < 4.78 is 0. The summed E-state index contributed by atoms with van der Waals surface area (Å²) in [5, 5.41) is 0. The zero-order valence-electron chi connectivity index (χ0n) is 11.8. The summed E-state index contributed by atoms with van der Waals surface area (Å²) in [6.45, 7) is 17.8. The van der Waals surface area contributed by atoms with E-state index >= 15 is 0 Å². The van der Waals surface area contributed by atoms with Crippen LogP contribution < -0.4 is 0 Å². The molecule has 1 rings (SSSR count). The predicted molar refractivity (Wildman–Crippen MR) is 87.1 cm³/mol. The van der Waals surface area contributed by atoms with Crippen molar-refractivity contribution in [2.45, 2.75) is 19.8 Å². The van der Waals surface area contributed by atoms with Crippen LogP contribution in [0, 0.1) is 6.92 Å². The molecular formula is C19H22. The van der Waals surface area contributed by atoms with E-state index < -0.39 is 0 Å². The van der Waals surface area contributed by atoms with Crippen molar-refractivity contribution in [3.63, 3.8) is 0 Å².